The van der Waals surface area contributed by atoms with Crippen molar-refractivity contribution in [2.45, 2.75) is 5.92 Å². The third kappa shape index (κ3) is 4.28. The van der Waals surface area contributed by atoms with Crippen LogP contribution in [-0.2, 0) is 4.74 Å². The van der Waals surface area contributed by atoms with Crippen LogP contribution in [-0.4, -0.2) is 19.0 Å². The van der Waals surface area contributed by atoms with Gasteiger partial charge < -0.3 is 24.4 Å². The second kappa shape index (κ2) is 9.36. The molecule has 0 bridgehead atoms. The average Bonchev–Trinajstić information content (AvgIpc) is 2.91. The molecule has 1 atom stereocenters. The first-order valence-corrected chi connectivity index (χ1v) is 11.0. The number of benzene rings is 3. The van der Waals surface area contributed by atoms with Gasteiger partial charge in [0.05, 0.1) is 18.6 Å². The molecule has 37 heavy (non-hydrogen) atoms. The molecule has 0 aliphatic carbocycles. The number of rotatable bonds is 4. The minimum absolute atomic E-state index is 0.101. The van der Waals surface area contributed by atoms with E-state index in [1.807, 2.05) is 0 Å². The Morgan fingerprint density at radius 3 is 2.49 bits per heavy atom. The predicted molar refractivity (Wildman–Crippen MR) is 131 cm³/mol. The molecule has 0 amide bonds. The third-order valence-electron chi connectivity index (χ3n) is 5.93. The molecule has 5 rings (SSSR count). The highest BCUT2D eigenvalue weighted by Gasteiger charge is 2.31. The Balaban J connectivity index is 1.48. The molecular weight excluding hydrogens is 476 g/mol. The van der Waals surface area contributed by atoms with E-state index in [1.54, 1.807) is 54.6 Å². The van der Waals surface area contributed by atoms with Crippen LogP contribution in [0.5, 0.6) is 11.5 Å². The van der Waals surface area contributed by atoms with Crippen molar-refractivity contribution < 1.29 is 28.2 Å². The van der Waals surface area contributed by atoms with Crippen molar-refractivity contribution in [2.24, 2.45) is 5.73 Å². The highest BCUT2D eigenvalue weighted by Crippen LogP contribution is 2.43. The molecule has 9 nitrogen and oxygen atoms in total. The lowest BCUT2D eigenvalue weighted by atomic mass is 9.83. The molecule has 1 aliphatic heterocycles. The quantitative estimate of drug-likeness (QED) is 0.253. The summed E-state index contributed by atoms with van der Waals surface area (Å²) in [5.74, 6) is -1.69. The van der Waals surface area contributed by atoms with Crippen molar-refractivity contribution in [1.82, 2.24) is 0 Å². The Morgan fingerprint density at radius 1 is 1.00 bits per heavy atom. The molecule has 0 fully saturated rings. The molecule has 2 N–H and O–H groups in total. The van der Waals surface area contributed by atoms with Crippen molar-refractivity contribution in [2.75, 3.05) is 7.11 Å². The summed E-state index contributed by atoms with van der Waals surface area (Å²) in [6.45, 7) is 0. The van der Waals surface area contributed by atoms with Gasteiger partial charge in [-0.3, -0.25) is 0 Å². The highest BCUT2D eigenvalue weighted by molar-refractivity contribution is 5.94. The second-order valence-corrected chi connectivity index (χ2v) is 8.11. The Kier molecular flexibility index (Phi) is 5.91. The molecule has 2 heterocycles. The first-order valence-electron chi connectivity index (χ1n) is 11.0. The van der Waals surface area contributed by atoms with Gasteiger partial charge in [-0.05, 0) is 35.9 Å². The Labute approximate surface area is 209 Å². The Morgan fingerprint density at radius 2 is 1.76 bits per heavy atom. The van der Waals surface area contributed by atoms with Crippen LogP contribution >= 0.6 is 0 Å². The van der Waals surface area contributed by atoms with Crippen LogP contribution in [0.3, 0.4) is 0 Å². The number of nitriles is 1. The second-order valence-electron chi connectivity index (χ2n) is 8.11. The van der Waals surface area contributed by atoms with E-state index in [0.717, 1.165) is 0 Å². The van der Waals surface area contributed by atoms with Crippen molar-refractivity contribution in [1.29, 1.82) is 5.26 Å². The van der Waals surface area contributed by atoms with E-state index in [4.69, 9.17) is 24.4 Å². The average molecular weight is 494 g/mol. The lowest BCUT2D eigenvalue weighted by molar-refractivity contribution is 0.0600. The molecule has 0 saturated heterocycles. The molecule has 1 aliphatic rings. The molecule has 4 aromatic rings. The van der Waals surface area contributed by atoms with Gasteiger partial charge in [-0.2, -0.15) is 5.26 Å². The van der Waals surface area contributed by atoms with Crippen LogP contribution in [0, 0.1) is 11.3 Å². The number of ether oxygens (including phenoxy) is 3. The molecule has 1 unspecified atom stereocenters. The number of allylic oxidation sites excluding steroid dienone is 1. The number of nitrogens with two attached hydrogens (primary N) is 1. The first kappa shape index (κ1) is 23.4. The van der Waals surface area contributed by atoms with Gasteiger partial charge in [-0.15, -0.1) is 0 Å². The van der Waals surface area contributed by atoms with Crippen molar-refractivity contribution in [3.63, 3.8) is 0 Å². The highest BCUT2D eigenvalue weighted by atomic mass is 16.5. The summed E-state index contributed by atoms with van der Waals surface area (Å²) in [4.78, 5) is 36.9. The zero-order valence-electron chi connectivity index (χ0n) is 19.4. The summed E-state index contributed by atoms with van der Waals surface area (Å²) in [7, 11) is 1.29. The third-order valence-corrected chi connectivity index (χ3v) is 5.93. The van der Waals surface area contributed by atoms with Gasteiger partial charge in [0.1, 0.15) is 34.3 Å². The van der Waals surface area contributed by atoms with Crippen LogP contribution in [0.15, 0.2) is 93.5 Å². The zero-order chi connectivity index (χ0) is 26.1. The van der Waals surface area contributed by atoms with Gasteiger partial charge in [-0.1, -0.05) is 36.4 Å². The van der Waals surface area contributed by atoms with Crippen LogP contribution in [0.2, 0.25) is 0 Å². The molecule has 1 aromatic heterocycles. The van der Waals surface area contributed by atoms with Gasteiger partial charge >= 0.3 is 17.6 Å². The molecule has 9 heteroatoms. The fraction of sp³-hybridized carbons (Fsp3) is 0.0714. The summed E-state index contributed by atoms with van der Waals surface area (Å²) < 4.78 is 21.0. The number of methoxy groups -OCH3 is 1. The van der Waals surface area contributed by atoms with E-state index in [2.05, 4.69) is 6.07 Å². The van der Waals surface area contributed by atoms with Crippen LogP contribution in [0.25, 0.3) is 11.0 Å². The normalized spacial score (nSPS) is 14.3. The maximum atomic E-state index is 12.8. The number of carbonyl (C=O) groups is 2. The van der Waals surface area contributed by atoms with Gasteiger partial charge in [0.2, 0.25) is 5.88 Å². The topological polar surface area (TPSA) is 142 Å². The zero-order valence-corrected chi connectivity index (χ0v) is 19.4. The first-order chi connectivity index (χ1) is 17.9. The lowest BCUT2D eigenvalue weighted by Gasteiger charge is -2.26. The van der Waals surface area contributed by atoms with E-state index in [0.29, 0.717) is 27.7 Å². The molecular formula is C28H18N2O7. The maximum absolute atomic E-state index is 12.8. The molecule has 3 aromatic carbocycles. The SMILES string of the molecule is COC(=O)c1ccc(C2C(C#N)=C(N)Oc3cc(OC(=O)c4cc5ccccc5oc4=O)ccc32)cc1. The van der Waals surface area contributed by atoms with E-state index >= 15 is 0 Å². The van der Waals surface area contributed by atoms with Crippen molar-refractivity contribution in [3.8, 4) is 17.6 Å². The number of carbonyl (C=O) groups excluding carboxylic acids is 2. The minimum atomic E-state index is -0.897. The van der Waals surface area contributed by atoms with E-state index in [1.165, 1.54) is 25.3 Å². The van der Waals surface area contributed by atoms with Gasteiger partial charge in [-0.25, -0.2) is 14.4 Å². The van der Waals surface area contributed by atoms with Gasteiger partial charge in [0.15, 0.2) is 0 Å². The lowest BCUT2D eigenvalue weighted by Crippen LogP contribution is -2.22. The standard InChI is InChI=1S/C28H18N2O7/c1-34-26(31)16-8-6-15(7-9-16)24-19-11-10-18(13-23(19)36-25(30)21(24)14-29)35-27(32)20-12-17-4-2-3-5-22(17)37-28(20)33/h2-13,24H,30H2,1H3. The number of hydrogen-bond donors (Lipinski definition) is 1. The van der Waals surface area contributed by atoms with Crippen LogP contribution < -0.4 is 20.8 Å². The van der Waals surface area contributed by atoms with E-state index < -0.39 is 23.5 Å². The van der Waals surface area contributed by atoms with Gasteiger partial charge in [0, 0.05) is 17.0 Å². The summed E-state index contributed by atoms with van der Waals surface area (Å²) in [5, 5.41) is 10.3. The Bertz CT molecular complexity index is 1690. The Hall–Kier alpha value is -5.36. The van der Waals surface area contributed by atoms with E-state index in [-0.39, 0.29) is 28.5 Å². The fourth-order valence-corrected chi connectivity index (χ4v) is 4.14. The number of para-hydroxylation sites is 1. The summed E-state index contributed by atoms with van der Waals surface area (Å²) in [5.41, 5.74) is 7.16. The number of fused-ring (bicyclic) bond motifs is 2. The number of hydrogen-bond acceptors (Lipinski definition) is 9. The molecule has 0 radical (unpaired) electrons. The van der Waals surface area contributed by atoms with E-state index in [9.17, 15) is 19.6 Å². The smallest absolute Gasteiger partial charge is 0.351 e. The largest absolute Gasteiger partial charge is 0.465 e. The van der Waals surface area contributed by atoms with Gasteiger partial charge in [0.25, 0.3) is 0 Å². The van der Waals surface area contributed by atoms with Crippen LogP contribution in [0.4, 0.5) is 0 Å². The van der Waals surface area contributed by atoms with Crippen molar-refractivity contribution in [3.05, 3.63) is 117 Å². The minimum Gasteiger partial charge on any atom is -0.465 e. The fourth-order valence-electron chi connectivity index (χ4n) is 4.14. The number of nitrogens with zero attached hydrogens (tertiary/aromatic N) is 1. The maximum Gasteiger partial charge on any atom is 0.351 e. The predicted octanol–water partition coefficient (Wildman–Crippen LogP) is 4.02. The molecule has 0 spiro atoms. The molecule has 182 valence electrons. The summed E-state index contributed by atoms with van der Waals surface area (Å²) in [6, 6.07) is 21.5. The molecule has 0 saturated carbocycles. The number of esters is 2. The van der Waals surface area contributed by atoms with Crippen LogP contribution in [0.1, 0.15) is 37.8 Å². The summed E-state index contributed by atoms with van der Waals surface area (Å²) >= 11 is 0. The monoisotopic (exact) mass is 494 g/mol. The summed E-state index contributed by atoms with van der Waals surface area (Å²) in [6.07, 6.45) is 0. The van der Waals surface area contributed by atoms with Crippen molar-refractivity contribution >= 4 is 22.9 Å².